The van der Waals surface area contributed by atoms with Crippen LogP contribution in [0.5, 0.6) is 0 Å². The van der Waals surface area contributed by atoms with Crippen LogP contribution in [-0.4, -0.2) is 17.7 Å². The van der Waals surface area contributed by atoms with Crippen molar-refractivity contribution in [2.45, 2.75) is 83.6 Å². The molecular weight excluding hydrogens is 332 g/mol. The summed E-state index contributed by atoms with van der Waals surface area (Å²) in [6.07, 6.45) is 4.62. The minimum Gasteiger partial charge on any atom is -0.463 e. The number of furan rings is 1. The fourth-order valence-corrected chi connectivity index (χ4v) is 5.97. The van der Waals surface area contributed by atoms with Gasteiger partial charge in [-0.25, -0.2) is 9.78 Å². The highest BCUT2D eigenvalue weighted by Gasteiger charge is 2.69. The van der Waals surface area contributed by atoms with Crippen LogP contribution in [0.3, 0.4) is 0 Å². The lowest BCUT2D eigenvalue weighted by Gasteiger charge is -2.60. The molecule has 144 valence electrons. The van der Waals surface area contributed by atoms with Crippen molar-refractivity contribution in [3.8, 4) is 0 Å². The molecule has 1 aliphatic carbocycles. The van der Waals surface area contributed by atoms with Gasteiger partial charge in [-0.05, 0) is 56.1 Å². The molecule has 1 aromatic heterocycles. The second kappa shape index (κ2) is 5.81. The third-order valence-electron chi connectivity index (χ3n) is 7.47. The number of hydrogen-bond acceptors (Lipinski definition) is 5. The van der Waals surface area contributed by atoms with E-state index in [1.54, 1.807) is 0 Å². The molecule has 1 aromatic rings. The Morgan fingerprint density at radius 2 is 1.92 bits per heavy atom. The molecule has 5 heterocycles. The van der Waals surface area contributed by atoms with Crippen molar-refractivity contribution < 1.29 is 23.7 Å². The SMILES string of the molecule is CCc1ccc([C@@H]2O[C@@H]3O[C@@]4(C)CC[C@H]5[C@H](C)CC[C@@H]([C@H]2C)[C@@]35OO4)o1. The number of ether oxygens (including phenoxy) is 2. The van der Waals surface area contributed by atoms with Gasteiger partial charge in [-0.2, -0.15) is 0 Å². The third-order valence-corrected chi connectivity index (χ3v) is 7.47. The van der Waals surface area contributed by atoms with E-state index in [0.717, 1.165) is 37.2 Å². The van der Waals surface area contributed by atoms with Gasteiger partial charge in [0.1, 0.15) is 17.6 Å². The van der Waals surface area contributed by atoms with E-state index in [1.165, 1.54) is 6.42 Å². The summed E-state index contributed by atoms with van der Waals surface area (Å²) in [5.74, 6) is 2.80. The van der Waals surface area contributed by atoms with Gasteiger partial charge in [0, 0.05) is 18.8 Å². The zero-order valence-electron chi connectivity index (χ0n) is 16.2. The van der Waals surface area contributed by atoms with Crippen molar-refractivity contribution in [1.29, 1.82) is 0 Å². The van der Waals surface area contributed by atoms with Gasteiger partial charge >= 0.3 is 0 Å². The number of aryl methyl sites for hydroxylation is 1. The van der Waals surface area contributed by atoms with Gasteiger partial charge in [0.05, 0.1) is 0 Å². The van der Waals surface area contributed by atoms with E-state index in [-0.39, 0.29) is 12.0 Å². The van der Waals surface area contributed by atoms with Crippen LogP contribution in [0.25, 0.3) is 0 Å². The Morgan fingerprint density at radius 1 is 1.08 bits per heavy atom. The highest BCUT2D eigenvalue weighted by Crippen LogP contribution is 2.62. The molecule has 5 nitrogen and oxygen atoms in total. The van der Waals surface area contributed by atoms with Crippen molar-refractivity contribution in [2.24, 2.45) is 23.7 Å². The van der Waals surface area contributed by atoms with Gasteiger partial charge in [0.25, 0.3) is 0 Å². The first kappa shape index (κ1) is 17.2. The molecule has 0 radical (unpaired) electrons. The molecule has 8 atom stereocenters. The van der Waals surface area contributed by atoms with Gasteiger partial charge in [0.15, 0.2) is 11.9 Å². The van der Waals surface area contributed by atoms with Crippen LogP contribution in [0.4, 0.5) is 0 Å². The third kappa shape index (κ3) is 2.24. The van der Waals surface area contributed by atoms with Gasteiger partial charge < -0.3 is 13.9 Å². The molecule has 1 spiro atoms. The average Bonchev–Trinajstić information content (AvgIpc) is 2.99. The maximum Gasteiger partial charge on any atom is 0.201 e. The molecule has 0 unspecified atom stereocenters. The Bertz CT molecular complexity index is 686. The van der Waals surface area contributed by atoms with E-state index in [0.29, 0.717) is 17.8 Å². The summed E-state index contributed by atoms with van der Waals surface area (Å²) in [7, 11) is 0. The monoisotopic (exact) mass is 362 g/mol. The van der Waals surface area contributed by atoms with E-state index in [9.17, 15) is 0 Å². The van der Waals surface area contributed by atoms with Gasteiger partial charge in [-0.3, -0.25) is 0 Å². The molecule has 0 amide bonds. The summed E-state index contributed by atoms with van der Waals surface area (Å²) in [5, 5.41) is 0. The lowest BCUT2D eigenvalue weighted by atomic mass is 9.57. The van der Waals surface area contributed by atoms with Crippen molar-refractivity contribution in [2.75, 3.05) is 0 Å². The Balaban J connectivity index is 1.56. The topological polar surface area (TPSA) is 50.1 Å². The quantitative estimate of drug-likeness (QED) is 0.710. The fourth-order valence-electron chi connectivity index (χ4n) is 5.97. The maximum absolute atomic E-state index is 6.58. The summed E-state index contributed by atoms with van der Waals surface area (Å²) in [6, 6.07) is 4.12. The van der Waals surface area contributed by atoms with Gasteiger partial charge in [0.2, 0.25) is 5.79 Å². The van der Waals surface area contributed by atoms with Gasteiger partial charge in [-0.1, -0.05) is 20.8 Å². The lowest BCUT2D eigenvalue weighted by Crippen LogP contribution is -2.69. The van der Waals surface area contributed by atoms with E-state index in [2.05, 4.69) is 32.9 Å². The molecule has 0 N–H and O–H groups in total. The van der Waals surface area contributed by atoms with Crippen LogP contribution in [0.1, 0.15) is 71.0 Å². The molecule has 26 heavy (non-hydrogen) atoms. The molecule has 4 saturated heterocycles. The standard InChI is InChI=1S/C21H30O5/c1-5-14-7-9-17(22-14)18-13(3)16-8-6-12(2)15-10-11-20(4)24-19(23-18)21(15,16)26-25-20/h7,9,12-13,15-16,18-19H,5-6,8,10-11H2,1-4H3/t12-,13-,15+,16+,18-,19-,20-,21-/m1/s1. The highest BCUT2D eigenvalue weighted by atomic mass is 17.3. The minimum atomic E-state index is -0.722. The summed E-state index contributed by atoms with van der Waals surface area (Å²) in [5.41, 5.74) is -0.496. The normalized spacial score (nSPS) is 50.3. The van der Waals surface area contributed by atoms with Crippen LogP contribution >= 0.6 is 0 Å². The molecule has 5 aliphatic rings. The first-order valence-electron chi connectivity index (χ1n) is 10.3. The molecule has 2 bridgehead atoms. The Kier molecular flexibility index (Phi) is 3.85. The number of fused-ring (bicyclic) bond motifs is 2. The minimum absolute atomic E-state index is 0.100. The van der Waals surface area contributed by atoms with E-state index >= 15 is 0 Å². The summed E-state index contributed by atoms with van der Waals surface area (Å²) in [4.78, 5) is 12.1. The van der Waals surface area contributed by atoms with Crippen LogP contribution in [0.2, 0.25) is 0 Å². The summed E-state index contributed by atoms with van der Waals surface area (Å²) >= 11 is 0. The number of hydrogen-bond donors (Lipinski definition) is 0. The first-order chi connectivity index (χ1) is 12.5. The Labute approximate surface area is 155 Å². The smallest absolute Gasteiger partial charge is 0.201 e. The van der Waals surface area contributed by atoms with E-state index < -0.39 is 17.7 Å². The highest BCUT2D eigenvalue weighted by molar-refractivity contribution is 5.16. The van der Waals surface area contributed by atoms with Crippen LogP contribution < -0.4 is 0 Å². The summed E-state index contributed by atoms with van der Waals surface area (Å²) < 4.78 is 19.0. The van der Waals surface area contributed by atoms with E-state index in [1.807, 2.05) is 6.92 Å². The second-order valence-corrected chi connectivity index (χ2v) is 8.98. The van der Waals surface area contributed by atoms with Crippen LogP contribution in [0.15, 0.2) is 16.5 Å². The maximum atomic E-state index is 6.58. The largest absolute Gasteiger partial charge is 0.463 e. The molecule has 6 rings (SSSR count). The first-order valence-corrected chi connectivity index (χ1v) is 10.3. The fraction of sp³-hybridized carbons (Fsp3) is 0.810. The predicted octanol–water partition coefficient (Wildman–Crippen LogP) is 4.77. The van der Waals surface area contributed by atoms with Crippen molar-refractivity contribution >= 4 is 0 Å². The number of rotatable bonds is 2. The predicted molar refractivity (Wildman–Crippen MR) is 93.9 cm³/mol. The molecule has 0 aromatic carbocycles. The lowest BCUT2D eigenvalue weighted by molar-refractivity contribution is -0.572. The van der Waals surface area contributed by atoms with Crippen LogP contribution in [0, 0.1) is 23.7 Å². The average molecular weight is 362 g/mol. The molecule has 1 saturated carbocycles. The zero-order chi connectivity index (χ0) is 18.1. The van der Waals surface area contributed by atoms with Crippen molar-refractivity contribution in [3.05, 3.63) is 23.7 Å². The molecule has 4 aliphatic heterocycles. The van der Waals surface area contributed by atoms with Crippen molar-refractivity contribution in [1.82, 2.24) is 0 Å². The van der Waals surface area contributed by atoms with Gasteiger partial charge in [-0.15, -0.1) is 0 Å². The molecule has 5 fully saturated rings. The molecule has 5 heteroatoms. The molecular formula is C21H30O5. The van der Waals surface area contributed by atoms with E-state index in [4.69, 9.17) is 23.7 Å². The second-order valence-electron chi connectivity index (χ2n) is 8.98. The van der Waals surface area contributed by atoms with Crippen LogP contribution in [-0.2, 0) is 25.7 Å². The van der Waals surface area contributed by atoms with Crippen molar-refractivity contribution in [3.63, 3.8) is 0 Å². The zero-order valence-corrected chi connectivity index (χ0v) is 16.2. The Hall–Kier alpha value is -0.880. The summed E-state index contributed by atoms with van der Waals surface area (Å²) in [6.45, 7) is 8.68. The Morgan fingerprint density at radius 3 is 2.69 bits per heavy atom.